The fraction of sp³-hybridized carbons (Fsp3) is 0.367. The number of rotatable bonds is 14. The quantitative estimate of drug-likeness (QED) is 0.121. The molecule has 4 aromatic rings. The van der Waals surface area contributed by atoms with Crippen LogP contribution in [0.4, 0.5) is 0 Å². The number of benzene rings is 2. The smallest absolute Gasteiger partial charge is 0.332 e. The molecule has 0 bridgehead atoms. The molecule has 11 nitrogen and oxygen atoms in total. The van der Waals surface area contributed by atoms with Crippen molar-refractivity contribution in [1.82, 2.24) is 13.9 Å². The fourth-order valence-electron chi connectivity index (χ4n) is 4.51. The van der Waals surface area contributed by atoms with Crippen LogP contribution < -0.4 is 20.7 Å². The van der Waals surface area contributed by atoms with Gasteiger partial charge in [0.25, 0.3) is 5.56 Å². The Labute approximate surface area is 263 Å². The van der Waals surface area contributed by atoms with Crippen LogP contribution in [0, 0.1) is 0 Å². The van der Waals surface area contributed by atoms with Crippen molar-refractivity contribution in [2.24, 2.45) is 0 Å². The van der Waals surface area contributed by atoms with Gasteiger partial charge in [-0.15, -0.1) is 23.1 Å². The van der Waals surface area contributed by atoms with Crippen molar-refractivity contribution in [2.75, 3.05) is 26.8 Å². The number of sulfonamides is 1. The fourth-order valence-corrected chi connectivity index (χ4v) is 7.10. The van der Waals surface area contributed by atoms with Crippen molar-refractivity contribution >= 4 is 49.3 Å². The summed E-state index contributed by atoms with van der Waals surface area (Å²) in [7, 11) is -2.20. The van der Waals surface area contributed by atoms with E-state index in [0.29, 0.717) is 26.6 Å². The molecular formula is C30H35N3O8S3. The zero-order chi connectivity index (χ0) is 32.0. The minimum Gasteiger partial charge on any atom is -0.468 e. The van der Waals surface area contributed by atoms with Crippen molar-refractivity contribution < 1.29 is 27.4 Å². The summed E-state index contributed by atoms with van der Waals surface area (Å²) >= 11 is 2.74. The molecule has 0 radical (unpaired) electrons. The van der Waals surface area contributed by atoms with Gasteiger partial charge >= 0.3 is 11.7 Å². The molecule has 0 spiro atoms. The second-order valence-corrected chi connectivity index (χ2v) is 14.1. The second-order valence-electron chi connectivity index (χ2n) is 9.96. The first-order valence-electron chi connectivity index (χ1n) is 13.8. The van der Waals surface area contributed by atoms with Crippen LogP contribution in [0.25, 0.3) is 20.7 Å². The standard InChI is InChI=1S/C30H35N3O8S3/c1-6-40-25(34)17-32-28(35)26-23(15-31-44(37,38)19(2)3)27(20-11-13-22(14-12-20)41-18-39-4)43-29(26)33(30(32)36)16-21-9-7-8-10-24(21)42-5/h7-14,19,31H,6,15-18H2,1-5H3. The van der Waals surface area contributed by atoms with Crippen LogP contribution in [0.3, 0.4) is 0 Å². The van der Waals surface area contributed by atoms with E-state index in [1.165, 1.54) is 34.8 Å². The molecule has 0 aliphatic carbocycles. The van der Waals surface area contributed by atoms with Crippen LogP contribution >= 0.6 is 23.1 Å². The highest BCUT2D eigenvalue weighted by molar-refractivity contribution is 7.98. The van der Waals surface area contributed by atoms with Crippen molar-refractivity contribution in [3.63, 3.8) is 0 Å². The number of nitrogens with zero attached hydrogens (tertiary/aromatic N) is 2. The zero-order valence-electron chi connectivity index (χ0n) is 25.1. The molecular weight excluding hydrogens is 627 g/mol. The number of hydrogen-bond acceptors (Lipinski definition) is 10. The molecule has 0 saturated carbocycles. The van der Waals surface area contributed by atoms with Crippen molar-refractivity contribution in [3.8, 4) is 16.2 Å². The summed E-state index contributed by atoms with van der Waals surface area (Å²) in [5.41, 5.74) is 0.566. The Morgan fingerprint density at radius 3 is 2.41 bits per heavy atom. The molecule has 0 saturated heterocycles. The predicted octanol–water partition coefficient (Wildman–Crippen LogP) is 4.04. The monoisotopic (exact) mass is 661 g/mol. The molecule has 0 aliphatic heterocycles. The molecule has 0 unspecified atom stereocenters. The highest BCUT2D eigenvalue weighted by Crippen LogP contribution is 2.38. The van der Waals surface area contributed by atoms with E-state index in [1.54, 1.807) is 45.0 Å². The number of nitrogens with one attached hydrogen (secondary N) is 1. The molecule has 4 rings (SSSR count). The van der Waals surface area contributed by atoms with Gasteiger partial charge in [-0.3, -0.25) is 14.2 Å². The topological polar surface area (TPSA) is 135 Å². The first kappa shape index (κ1) is 33.5. The second kappa shape index (κ2) is 14.6. The minimum atomic E-state index is -3.72. The van der Waals surface area contributed by atoms with E-state index in [4.69, 9.17) is 14.2 Å². The number of fused-ring (bicyclic) bond motifs is 1. The van der Waals surface area contributed by atoms with Gasteiger partial charge in [-0.05, 0) is 68.5 Å². The summed E-state index contributed by atoms with van der Waals surface area (Å²) in [6, 6.07) is 14.7. The highest BCUT2D eigenvalue weighted by atomic mass is 32.2. The average molecular weight is 662 g/mol. The number of ether oxygens (including phenoxy) is 3. The molecule has 0 aliphatic rings. The van der Waals surface area contributed by atoms with Crippen molar-refractivity contribution in [2.45, 2.75) is 50.6 Å². The number of thioether (sulfide) groups is 1. The van der Waals surface area contributed by atoms with E-state index < -0.39 is 39.0 Å². The lowest BCUT2D eigenvalue weighted by Crippen LogP contribution is -2.42. The Hall–Kier alpha value is -3.43. The lowest BCUT2D eigenvalue weighted by atomic mass is 10.1. The minimum absolute atomic E-state index is 0.0638. The third kappa shape index (κ3) is 7.26. The van der Waals surface area contributed by atoms with Gasteiger partial charge < -0.3 is 14.2 Å². The maximum Gasteiger partial charge on any atom is 0.332 e. The van der Waals surface area contributed by atoms with Gasteiger partial charge in [0.15, 0.2) is 6.79 Å². The Bertz CT molecular complexity index is 1860. The summed E-state index contributed by atoms with van der Waals surface area (Å²) < 4.78 is 46.1. The van der Waals surface area contributed by atoms with Crippen LogP contribution in [0.1, 0.15) is 31.9 Å². The number of carbonyl (C=O) groups excluding carboxylic acids is 1. The van der Waals surface area contributed by atoms with Gasteiger partial charge in [-0.25, -0.2) is 22.5 Å². The number of carbonyl (C=O) groups is 1. The van der Waals surface area contributed by atoms with E-state index in [0.717, 1.165) is 15.0 Å². The molecule has 2 aromatic heterocycles. The summed E-state index contributed by atoms with van der Waals surface area (Å²) in [4.78, 5) is 42.4. The van der Waals surface area contributed by atoms with Crippen LogP contribution in [0.15, 0.2) is 63.0 Å². The van der Waals surface area contributed by atoms with E-state index >= 15 is 0 Å². The van der Waals surface area contributed by atoms with E-state index in [1.807, 2.05) is 30.5 Å². The normalized spacial score (nSPS) is 11.8. The summed E-state index contributed by atoms with van der Waals surface area (Å²) in [5.74, 6) is -0.174. The molecule has 2 heterocycles. The number of hydrogen-bond donors (Lipinski definition) is 1. The number of methoxy groups -OCH3 is 1. The molecule has 14 heteroatoms. The summed E-state index contributed by atoms with van der Waals surface area (Å²) in [5, 5.41) is -0.559. The number of aromatic nitrogens is 2. The van der Waals surface area contributed by atoms with Crippen LogP contribution in [-0.2, 0) is 43.9 Å². The van der Waals surface area contributed by atoms with Gasteiger partial charge in [-0.1, -0.05) is 18.2 Å². The van der Waals surface area contributed by atoms with Gasteiger partial charge in [0.2, 0.25) is 10.0 Å². The Kier molecular flexibility index (Phi) is 11.1. The van der Waals surface area contributed by atoms with E-state index in [2.05, 4.69) is 4.72 Å². The highest BCUT2D eigenvalue weighted by Gasteiger charge is 2.26. The third-order valence-electron chi connectivity index (χ3n) is 6.80. The van der Waals surface area contributed by atoms with Crippen LogP contribution in [0.5, 0.6) is 5.75 Å². The number of esters is 1. The van der Waals surface area contributed by atoms with Gasteiger partial charge in [-0.2, -0.15) is 0 Å². The molecule has 1 N–H and O–H groups in total. The largest absolute Gasteiger partial charge is 0.468 e. The van der Waals surface area contributed by atoms with Crippen molar-refractivity contribution in [3.05, 3.63) is 80.5 Å². The lowest BCUT2D eigenvalue weighted by Gasteiger charge is -2.14. The molecule has 0 atom stereocenters. The van der Waals surface area contributed by atoms with Crippen LogP contribution in [0.2, 0.25) is 0 Å². The molecule has 44 heavy (non-hydrogen) atoms. The molecule has 236 valence electrons. The van der Waals surface area contributed by atoms with Crippen molar-refractivity contribution in [1.29, 1.82) is 0 Å². The van der Waals surface area contributed by atoms with Crippen LogP contribution in [-0.4, -0.2) is 55.5 Å². The van der Waals surface area contributed by atoms with Gasteiger partial charge in [0.05, 0.1) is 23.8 Å². The first-order valence-corrected chi connectivity index (χ1v) is 17.4. The molecule has 2 aromatic carbocycles. The number of thiophene rings is 1. The zero-order valence-corrected chi connectivity index (χ0v) is 27.6. The van der Waals surface area contributed by atoms with E-state index in [-0.39, 0.29) is 31.9 Å². The lowest BCUT2D eigenvalue weighted by molar-refractivity contribution is -0.143. The molecule has 0 amide bonds. The van der Waals surface area contributed by atoms with Gasteiger partial charge in [0.1, 0.15) is 17.1 Å². The maximum absolute atomic E-state index is 14.0. The summed E-state index contributed by atoms with van der Waals surface area (Å²) in [6.45, 7) is 4.23. The third-order valence-corrected chi connectivity index (χ3v) is 10.7. The Balaban J connectivity index is 2.02. The van der Waals surface area contributed by atoms with Gasteiger partial charge in [0, 0.05) is 29.0 Å². The SMILES string of the molecule is CCOC(=O)Cn1c(=O)c2c(CNS(=O)(=O)C(C)C)c(-c3ccc(OCOC)cc3)sc2n(Cc2ccccc2SC)c1=O. The molecule has 0 fully saturated rings. The first-order chi connectivity index (χ1) is 21.0. The Morgan fingerprint density at radius 1 is 1.07 bits per heavy atom. The van der Waals surface area contributed by atoms with E-state index in [9.17, 15) is 22.8 Å². The summed E-state index contributed by atoms with van der Waals surface area (Å²) in [6.07, 6.45) is 1.93. The average Bonchev–Trinajstić information content (AvgIpc) is 3.39. The maximum atomic E-state index is 14.0. The Morgan fingerprint density at radius 2 is 1.77 bits per heavy atom. The predicted molar refractivity (Wildman–Crippen MR) is 173 cm³/mol.